The number of nitrogens with two attached hydrogens (primary N) is 1. The third-order valence-electron chi connectivity index (χ3n) is 2.48. The largest absolute Gasteiger partial charge is 0.507 e. The topological polar surface area (TPSA) is 88.5 Å². The quantitative estimate of drug-likeness (QED) is 0.444. The number of anilines is 1. The third-order valence-corrected chi connectivity index (χ3v) is 2.48. The van der Waals surface area contributed by atoms with Gasteiger partial charge in [0.2, 0.25) is 5.91 Å². The number of nitrogen functional groups attached to an aromatic ring is 1. The van der Waals surface area contributed by atoms with Crippen molar-refractivity contribution in [3.63, 3.8) is 0 Å². The number of amides is 1. The second-order valence-electron chi connectivity index (χ2n) is 3.95. The Kier molecular flexibility index (Phi) is 3.87. The van der Waals surface area contributed by atoms with E-state index >= 15 is 0 Å². The minimum Gasteiger partial charge on any atom is -0.507 e. The Bertz CT molecular complexity index is 589. The summed E-state index contributed by atoms with van der Waals surface area (Å²) in [6.45, 7) is 0.319. The van der Waals surface area contributed by atoms with Gasteiger partial charge in [0.1, 0.15) is 11.5 Å². The summed E-state index contributed by atoms with van der Waals surface area (Å²) in [5.41, 5.74) is 6.61. The van der Waals surface area contributed by atoms with Crippen LogP contribution >= 0.6 is 0 Å². The van der Waals surface area contributed by atoms with Gasteiger partial charge < -0.3 is 20.6 Å². The SMILES string of the molecule is Nc1ccc(O)c(/C=C/C(=O)NCc2ccco2)c1. The highest BCUT2D eigenvalue weighted by molar-refractivity contribution is 5.92. The molecule has 0 spiro atoms. The van der Waals surface area contributed by atoms with Crippen molar-refractivity contribution in [1.29, 1.82) is 0 Å². The fraction of sp³-hybridized carbons (Fsp3) is 0.0714. The molecule has 0 aliphatic carbocycles. The molecule has 0 atom stereocenters. The first-order valence-corrected chi connectivity index (χ1v) is 5.72. The van der Waals surface area contributed by atoms with Crippen molar-refractivity contribution in [2.24, 2.45) is 0 Å². The van der Waals surface area contributed by atoms with Gasteiger partial charge in [-0.15, -0.1) is 0 Å². The van der Waals surface area contributed by atoms with Crippen LogP contribution in [0.4, 0.5) is 5.69 Å². The molecule has 5 heteroatoms. The number of phenols is 1. The zero-order valence-electron chi connectivity index (χ0n) is 10.2. The predicted molar refractivity (Wildman–Crippen MR) is 72.1 cm³/mol. The van der Waals surface area contributed by atoms with Crippen LogP contribution in [-0.4, -0.2) is 11.0 Å². The molecule has 4 N–H and O–H groups in total. The second kappa shape index (κ2) is 5.77. The molecular formula is C14H14N2O3. The number of hydrogen-bond donors (Lipinski definition) is 3. The van der Waals surface area contributed by atoms with Crippen LogP contribution in [0.1, 0.15) is 11.3 Å². The zero-order chi connectivity index (χ0) is 13.7. The van der Waals surface area contributed by atoms with Crippen LogP contribution in [0.5, 0.6) is 5.75 Å². The first kappa shape index (κ1) is 12.8. The van der Waals surface area contributed by atoms with E-state index in [9.17, 15) is 9.90 Å². The second-order valence-corrected chi connectivity index (χ2v) is 3.95. The molecule has 0 bridgehead atoms. The van der Waals surface area contributed by atoms with E-state index in [1.54, 1.807) is 30.5 Å². The Labute approximate surface area is 110 Å². The standard InChI is InChI=1S/C14H14N2O3/c15-11-4-5-13(17)10(8-11)3-6-14(18)16-9-12-2-1-7-19-12/h1-8,17H,9,15H2,(H,16,18)/b6-3+. The molecule has 2 rings (SSSR count). The van der Waals surface area contributed by atoms with Gasteiger partial charge >= 0.3 is 0 Å². The van der Waals surface area contributed by atoms with Gasteiger partial charge in [-0.2, -0.15) is 0 Å². The van der Waals surface area contributed by atoms with Crippen LogP contribution in [0.3, 0.4) is 0 Å². The number of nitrogens with one attached hydrogen (secondary N) is 1. The van der Waals surface area contributed by atoms with Crippen LogP contribution in [0.25, 0.3) is 6.08 Å². The Morgan fingerprint density at radius 3 is 3.00 bits per heavy atom. The van der Waals surface area contributed by atoms with Gasteiger partial charge in [-0.3, -0.25) is 4.79 Å². The monoisotopic (exact) mass is 258 g/mol. The number of aromatic hydroxyl groups is 1. The van der Waals surface area contributed by atoms with Gasteiger partial charge in [-0.25, -0.2) is 0 Å². The Balaban J connectivity index is 1.94. The Hall–Kier alpha value is -2.69. The molecule has 0 saturated heterocycles. The number of benzene rings is 1. The van der Waals surface area contributed by atoms with Gasteiger partial charge in [-0.1, -0.05) is 0 Å². The van der Waals surface area contributed by atoms with E-state index < -0.39 is 0 Å². The van der Waals surface area contributed by atoms with Gasteiger partial charge in [-0.05, 0) is 36.4 Å². The normalized spacial score (nSPS) is 10.7. The first-order valence-electron chi connectivity index (χ1n) is 5.72. The molecule has 0 radical (unpaired) electrons. The average molecular weight is 258 g/mol. The summed E-state index contributed by atoms with van der Waals surface area (Å²) in [7, 11) is 0. The highest BCUT2D eigenvalue weighted by atomic mass is 16.3. The van der Waals surface area contributed by atoms with Crippen molar-refractivity contribution in [2.75, 3.05) is 5.73 Å². The van der Waals surface area contributed by atoms with E-state index in [4.69, 9.17) is 10.2 Å². The highest BCUT2D eigenvalue weighted by Gasteiger charge is 2.01. The number of furan rings is 1. The van der Waals surface area contributed by atoms with Crippen LogP contribution < -0.4 is 11.1 Å². The Morgan fingerprint density at radius 2 is 2.26 bits per heavy atom. The molecule has 5 nitrogen and oxygen atoms in total. The molecule has 0 aliphatic rings. The summed E-state index contributed by atoms with van der Waals surface area (Å²) in [6, 6.07) is 8.18. The molecule has 1 aromatic heterocycles. The number of phenolic OH excluding ortho intramolecular Hbond substituents is 1. The lowest BCUT2D eigenvalue weighted by Gasteiger charge is -2.01. The van der Waals surface area contributed by atoms with Crippen molar-refractivity contribution >= 4 is 17.7 Å². The fourth-order valence-corrected chi connectivity index (χ4v) is 1.52. The van der Waals surface area contributed by atoms with Crippen LogP contribution in [-0.2, 0) is 11.3 Å². The van der Waals surface area contributed by atoms with Crippen molar-refractivity contribution in [3.8, 4) is 5.75 Å². The molecule has 1 aromatic carbocycles. The lowest BCUT2D eigenvalue weighted by Crippen LogP contribution is -2.19. The molecule has 0 aliphatic heterocycles. The van der Waals surface area contributed by atoms with Crippen molar-refractivity contribution < 1.29 is 14.3 Å². The van der Waals surface area contributed by atoms with Crippen molar-refractivity contribution in [2.45, 2.75) is 6.54 Å². The molecular weight excluding hydrogens is 244 g/mol. The highest BCUT2D eigenvalue weighted by Crippen LogP contribution is 2.20. The predicted octanol–water partition coefficient (Wildman–Crippen LogP) is 1.90. The molecule has 1 heterocycles. The summed E-state index contributed by atoms with van der Waals surface area (Å²) < 4.78 is 5.09. The van der Waals surface area contributed by atoms with Crippen LogP contribution in [0, 0.1) is 0 Å². The summed E-state index contributed by atoms with van der Waals surface area (Å²) in [5, 5.41) is 12.2. The molecule has 0 fully saturated rings. The lowest BCUT2D eigenvalue weighted by atomic mass is 10.1. The fourth-order valence-electron chi connectivity index (χ4n) is 1.52. The minimum atomic E-state index is -0.279. The molecule has 19 heavy (non-hydrogen) atoms. The molecule has 0 unspecified atom stereocenters. The number of carbonyl (C=O) groups excluding carboxylic acids is 1. The summed E-state index contributed by atoms with van der Waals surface area (Å²) in [5.74, 6) is 0.469. The maximum atomic E-state index is 11.6. The third kappa shape index (κ3) is 3.64. The Morgan fingerprint density at radius 1 is 1.42 bits per heavy atom. The number of hydrogen-bond acceptors (Lipinski definition) is 4. The molecule has 1 amide bonds. The van der Waals surface area contributed by atoms with Gasteiger partial charge in [0, 0.05) is 17.3 Å². The number of rotatable bonds is 4. The van der Waals surface area contributed by atoms with E-state index in [-0.39, 0.29) is 11.7 Å². The minimum absolute atomic E-state index is 0.0734. The summed E-state index contributed by atoms with van der Waals surface area (Å²) in [4.78, 5) is 11.6. The van der Waals surface area contributed by atoms with E-state index in [1.807, 2.05) is 0 Å². The average Bonchev–Trinajstić information content (AvgIpc) is 2.90. The first-order chi connectivity index (χ1) is 9.15. The smallest absolute Gasteiger partial charge is 0.244 e. The summed E-state index contributed by atoms with van der Waals surface area (Å²) in [6.07, 6.45) is 4.38. The number of carbonyl (C=O) groups is 1. The van der Waals surface area contributed by atoms with E-state index in [0.29, 0.717) is 23.6 Å². The van der Waals surface area contributed by atoms with Gasteiger partial charge in [0.15, 0.2) is 0 Å². The van der Waals surface area contributed by atoms with E-state index in [1.165, 1.54) is 18.2 Å². The molecule has 2 aromatic rings. The summed E-state index contributed by atoms with van der Waals surface area (Å²) >= 11 is 0. The van der Waals surface area contributed by atoms with Crippen LogP contribution in [0.2, 0.25) is 0 Å². The zero-order valence-corrected chi connectivity index (χ0v) is 10.2. The maximum absolute atomic E-state index is 11.6. The van der Waals surface area contributed by atoms with E-state index in [0.717, 1.165) is 0 Å². The lowest BCUT2D eigenvalue weighted by molar-refractivity contribution is -0.116. The molecule has 0 saturated carbocycles. The maximum Gasteiger partial charge on any atom is 0.244 e. The van der Waals surface area contributed by atoms with E-state index in [2.05, 4.69) is 5.32 Å². The van der Waals surface area contributed by atoms with Gasteiger partial charge in [0.25, 0.3) is 0 Å². The van der Waals surface area contributed by atoms with Crippen molar-refractivity contribution in [3.05, 3.63) is 54.0 Å². The van der Waals surface area contributed by atoms with Crippen molar-refractivity contribution in [1.82, 2.24) is 5.32 Å². The molecule has 98 valence electrons. The van der Waals surface area contributed by atoms with Crippen LogP contribution in [0.15, 0.2) is 47.1 Å². The van der Waals surface area contributed by atoms with Gasteiger partial charge in [0.05, 0.1) is 12.8 Å².